The zero-order valence-corrected chi connectivity index (χ0v) is 9.87. The second kappa shape index (κ2) is 6.79. The molecule has 0 spiro atoms. The SMILES string of the molecule is CC(CNC(C)C)CSC(C)C. The molecule has 0 aromatic carbocycles. The van der Waals surface area contributed by atoms with Crippen molar-refractivity contribution < 1.29 is 0 Å². The van der Waals surface area contributed by atoms with Crippen molar-refractivity contribution in [2.45, 2.75) is 45.9 Å². The maximum Gasteiger partial charge on any atom is 0.00104 e. The third kappa shape index (κ3) is 8.41. The van der Waals surface area contributed by atoms with E-state index < -0.39 is 0 Å². The molecule has 2 heteroatoms. The van der Waals surface area contributed by atoms with Gasteiger partial charge in [-0.2, -0.15) is 11.8 Å². The van der Waals surface area contributed by atoms with Gasteiger partial charge in [0.15, 0.2) is 0 Å². The van der Waals surface area contributed by atoms with Crippen LogP contribution in [0.5, 0.6) is 0 Å². The topological polar surface area (TPSA) is 12.0 Å². The summed E-state index contributed by atoms with van der Waals surface area (Å²) in [4.78, 5) is 0. The van der Waals surface area contributed by atoms with Crippen LogP contribution in [-0.2, 0) is 0 Å². The van der Waals surface area contributed by atoms with Gasteiger partial charge in [-0.25, -0.2) is 0 Å². The Hall–Kier alpha value is 0.310. The van der Waals surface area contributed by atoms with Crippen molar-refractivity contribution in [1.29, 1.82) is 0 Å². The molecule has 0 heterocycles. The summed E-state index contributed by atoms with van der Waals surface area (Å²) in [5.74, 6) is 2.07. The van der Waals surface area contributed by atoms with Gasteiger partial charge in [-0.05, 0) is 23.5 Å². The Morgan fingerprint density at radius 2 is 1.67 bits per heavy atom. The van der Waals surface area contributed by atoms with E-state index in [0.717, 1.165) is 17.7 Å². The second-order valence-corrected chi connectivity index (χ2v) is 5.66. The Bertz CT molecular complexity index is 90.0. The maximum atomic E-state index is 3.46. The van der Waals surface area contributed by atoms with Crippen molar-refractivity contribution in [3.05, 3.63) is 0 Å². The van der Waals surface area contributed by atoms with Crippen LogP contribution in [0.3, 0.4) is 0 Å². The lowest BCUT2D eigenvalue weighted by atomic mass is 10.2. The van der Waals surface area contributed by atoms with Crippen molar-refractivity contribution in [1.82, 2.24) is 5.32 Å². The van der Waals surface area contributed by atoms with Gasteiger partial charge in [-0.1, -0.05) is 34.6 Å². The molecule has 0 aromatic rings. The van der Waals surface area contributed by atoms with E-state index in [4.69, 9.17) is 0 Å². The molecule has 0 aliphatic heterocycles. The number of hydrogen-bond donors (Lipinski definition) is 1. The van der Waals surface area contributed by atoms with Gasteiger partial charge in [0.25, 0.3) is 0 Å². The van der Waals surface area contributed by atoms with E-state index in [2.05, 4.69) is 51.7 Å². The zero-order valence-electron chi connectivity index (χ0n) is 9.05. The molecule has 12 heavy (non-hydrogen) atoms. The minimum absolute atomic E-state index is 0.622. The third-order valence-electron chi connectivity index (χ3n) is 1.59. The molecule has 1 atom stereocenters. The van der Waals surface area contributed by atoms with Crippen LogP contribution in [0.25, 0.3) is 0 Å². The lowest BCUT2D eigenvalue weighted by Crippen LogP contribution is -2.28. The fraction of sp³-hybridized carbons (Fsp3) is 1.00. The summed E-state index contributed by atoms with van der Waals surface area (Å²) in [5, 5.41) is 4.23. The van der Waals surface area contributed by atoms with Gasteiger partial charge in [-0.15, -0.1) is 0 Å². The van der Waals surface area contributed by atoms with Crippen LogP contribution >= 0.6 is 11.8 Å². The van der Waals surface area contributed by atoms with Gasteiger partial charge < -0.3 is 5.32 Å². The van der Waals surface area contributed by atoms with Crippen molar-refractivity contribution in [3.8, 4) is 0 Å². The van der Waals surface area contributed by atoms with Crippen LogP contribution in [-0.4, -0.2) is 23.6 Å². The molecule has 1 N–H and O–H groups in total. The zero-order chi connectivity index (χ0) is 9.56. The predicted octanol–water partition coefficient (Wildman–Crippen LogP) is 2.76. The molecule has 1 nitrogen and oxygen atoms in total. The molecule has 0 fully saturated rings. The number of nitrogens with one attached hydrogen (secondary N) is 1. The highest BCUT2D eigenvalue weighted by Crippen LogP contribution is 2.13. The Kier molecular flexibility index (Phi) is 6.96. The Morgan fingerprint density at radius 1 is 1.08 bits per heavy atom. The van der Waals surface area contributed by atoms with E-state index in [1.54, 1.807) is 0 Å². The summed E-state index contributed by atoms with van der Waals surface area (Å²) in [6.45, 7) is 12.4. The van der Waals surface area contributed by atoms with E-state index in [1.807, 2.05) is 0 Å². The molecule has 74 valence electrons. The van der Waals surface area contributed by atoms with Crippen molar-refractivity contribution in [2.24, 2.45) is 5.92 Å². The standard InChI is InChI=1S/C10H23NS/c1-8(2)11-6-10(5)7-12-9(3)4/h8-11H,6-7H2,1-5H3. The first kappa shape index (κ1) is 12.3. The lowest BCUT2D eigenvalue weighted by molar-refractivity contribution is 0.510. The minimum atomic E-state index is 0.622. The largest absolute Gasteiger partial charge is 0.314 e. The van der Waals surface area contributed by atoms with Gasteiger partial charge >= 0.3 is 0 Å². The molecule has 0 aliphatic carbocycles. The van der Waals surface area contributed by atoms with E-state index in [9.17, 15) is 0 Å². The van der Waals surface area contributed by atoms with E-state index in [0.29, 0.717) is 6.04 Å². The molecule has 0 amide bonds. The fourth-order valence-corrected chi connectivity index (χ4v) is 1.68. The van der Waals surface area contributed by atoms with Gasteiger partial charge in [0, 0.05) is 6.04 Å². The lowest BCUT2D eigenvalue weighted by Gasteiger charge is -2.15. The summed E-state index contributed by atoms with van der Waals surface area (Å²) in [6.07, 6.45) is 0. The molecule has 1 unspecified atom stereocenters. The summed E-state index contributed by atoms with van der Waals surface area (Å²) in [6, 6.07) is 0.622. The molecule has 0 aliphatic rings. The fourth-order valence-electron chi connectivity index (χ4n) is 0.853. The first-order chi connectivity index (χ1) is 5.52. The highest BCUT2D eigenvalue weighted by Gasteiger charge is 2.04. The average Bonchev–Trinajstić information content (AvgIpc) is 1.96. The van der Waals surface area contributed by atoms with Gasteiger partial charge in [0.1, 0.15) is 0 Å². The van der Waals surface area contributed by atoms with Gasteiger partial charge in [0.05, 0.1) is 0 Å². The monoisotopic (exact) mass is 189 g/mol. The van der Waals surface area contributed by atoms with Gasteiger partial charge in [-0.3, -0.25) is 0 Å². The van der Waals surface area contributed by atoms with Crippen LogP contribution in [0.2, 0.25) is 0 Å². The van der Waals surface area contributed by atoms with E-state index in [-0.39, 0.29) is 0 Å². The number of thioether (sulfide) groups is 1. The van der Waals surface area contributed by atoms with Crippen LogP contribution in [0.15, 0.2) is 0 Å². The van der Waals surface area contributed by atoms with E-state index in [1.165, 1.54) is 5.75 Å². The summed E-state index contributed by atoms with van der Waals surface area (Å²) in [5.41, 5.74) is 0. The first-order valence-corrected chi connectivity index (χ1v) is 5.92. The Morgan fingerprint density at radius 3 is 2.08 bits per heavy atom. The molecule has 0 aromatic heterocycles. The van der Waals surface area contributed by atoms with Crippen molar-refractivity contribution >= 4 is 11.8 Å². The molecular formula is C10H23NS. The highest BCUT2D eigenvalue weighted by molar-refractivity contribution is 7.99. The molecule has 0 saturated carbocycles. The average molecular weight is 189 g/mol. The van der Waals surface area contributed by atoms with Crippen LogP contribution in [0.4, 0.5) is 0 Å². The molecule has 0 radical (unpaired) electrons. The summed E-state index contributed by atoms with van der Waals surface area (Å²) >= 11 is 2.05. The summed E-state index contributed by atoms with van der Waals surface area (Å²) < 4.78 is 0. The summed E-state index contributed by atoms with van der Waals surface area (Å²) in [7, 11) is 0. The third-order valence-corrected chi connectivity index (χ3v) is 3.02. The van der Waals surface area contributed by atoms with Crippen molar-refractivity contribution in [3.63, 3.8) is 0 Å². The van der Waals surface area contributed by atoms with Crippen LogP contribution in [0.1, 0.15) is 34.6 Å². The smallest absolute Gasteiger partial charge is 0.00104 e. The Balaban J connectivity index is 3.27. The minimum Gasteiger partial charge on any atom is -0.314 e. The molecule has 0 bridgehead atoms. The number of hydrogen-bond acceptors (Lipinski definition) is 2. The maximum absolute atomic E-state index is 3.46. The predicted molar refractivity (Wildman–Crippen MR) is 59.9 cm³/mol. The van der Waals surface area contributed by atoms with Crippen LogP contribution < -0.4 is 5.32 Å². The van der Waals surface area contributed by atoms with Gasteiger partial charge in [0.2, 0.25) is 0 Å². The first-order valence-electron chi connectivity index (χ1n) is 4.87. The van der Waals surface area contributed by atoms with E-state index >= 15 is 0 Å². The quantitative estimate of drug-likeness (QED) is 0.689. The highest BCUT2D eigenvalue weighted by atomic mass is 32.2. The second-order valence-electron chi connectivity index (χ2n) is 4.05. The molecule has 0 rings (SSSR count). The van der Waals surface area contributed by atoms with Crippen LogP contribution in [0, 0.1) is 5.92 Å². The van der Waals surface area contributed by atoms with Crippen molar-refractivity contribution in [2.75, 3.05) is 12.3 Å². The molecule has 0 saturated heterocycles. The Labute approximate surface area is 81.7 Å². The normalized spacial score (nSPS) is 14.2. The molecular weight excluding hydrogens is 166 g/mol. The number of rotatable bonds is 6.